The first-order valence-corrected chi connectivity index (χ1v) is 6.11. The van der Waals surface area contributed by atoms with Gasteiger partial charge in [-0.3, -0.25) is 5.32 Å². The summed E-state index contributed by atoms with van der Waals surface area (Å²) in [7, 11) is 0. The van der Waals surface area contributed by atoms with E-state index in [0.717, 1.165) is 5.57 Å². The lowest BCUT2D eigenvalue weighted by Gasteiger charge is -2.30. The van der Waals surface area contributed by atoms with E-state index in [-0.39, 0.29) is 24.7 Å². The molecule has 0 saturated carbocycles. The Kier molecular flexibility index (Phi) is 3.13. The number of rotatable bonds is 2. The van der Waals surface area contributed by atoms with E-state index in [9.17, 15) is 9.90 Å². The molecule has 2 amide bonds. The van der Waals surface area contributed by atoms with Crippen LogP contribution in [-0.4, -0.2) is 53.6 Å². The number of oxime groups is 1. The van der Waals surface area contributed by atoms with Crippen molar-refractivity contribution in [3.05, 3.63) is 11.8 Å². The second kappa shape index (κ2) is 4.80. The zero-order chi connectivity index (χ0) is 13.4. The molecule has 0 radical (unpaired) electrons. The molecule has 1 saturated heterocycles. The maximum Gasteiger partial charge on any atom is 0.324 e. The number of hydrogen-bond donors (Lipinski definition) is 4. The minimum Gasteiger partial charge on any atom is -0.394 e. The van der Waals surface area contributed by atoms with Crippen molar-refractivity contribution >= 4 is 11.9 Å². The molecule has 0 bridgehead atoms. The van der Waals surface area contributed by atoms with Crippen molar-refractivity contribution in [3.63, 3.8) is 0 Å². The Balaban J connectivity index is 1.79. The summed E-state index contributed by atoms with van der Waals surface area (Å²) < 4.78 is 5.62. The molecular weight excluding hydrogens is 254 g/mol. The van der Waals surface area contributed by atoms with Crippen molar-refractivity contribution in [1.82, 2.24) is 10.6 Å². The van der Waals surface area contributed by atoms with Crippen molar-refractivity contribution in [1.29, 1.82) is 0 Å². The Labute approximate surface area is 109 Å². The summed E-state index contributed by atoms with van der Waals surface area (Å²) in [4.78, 5) is 16.3. The minimum absolute atomic E-state index is 0.146. The lowest BCUT2D eigenvalue weighted by atomic mass is 9.90. The smallest absolute Gasteiger partial charge is 0.324 e. The summed E-state index contributed by atoms with van der Waals surface area (Å²) in [5, 5.41) is 27.8. The first-order valence-electron chi connectivity index (χ1n) is 6.11. The molecule has 3 rings (SSSR count). The number of carbonyl (C=O) groups is 1. The first-order chi connectivity index (χ1) is 9.19. The molecule has 4 atom stereocenters. The normalized spacial score (nSPS) is 37.5. The van der Waals surface area contributed by atoms with Gasteiger partial charge in [-0.2, -0.15) is 0 Å². The standard InChI is InChI=1S/C11H15N3O5/c15-3-9-7(16)1-8(19-9)6-4-18-14-10-5(6)2-12-11(17)13-10/h2,6-9,15-16H,1,3-4H2,(H2,12,13,14,17)/t6?,7-,8?,9+/m0/s1. The van der Waals surface area contributed by atoms with Gasteiger partial charge in [0.15, 0.2) is 5.84 Å². The Morgan fingerprint density at radius 2 is 2.37 bits per heavy atom. The van der Waals surface area contributed by atoms with Gasteiger partial charge in [-0.1, -0.05) is 5.16 Å². The van der Waals surface area contributed by atoms with Crippen molar-refractivity contribution in [3.8, 4) is 0 Å². The Morgan fingerprint density at radius 1 is 1.53 bits per heavy atom. The van der Waals surface area contributed by atoms with Crippen LogP contribution < -0.4 is 10.6 Å². The van der Waals surface area contributed by atoms with Gasteiger partial charge >= 0.3 is 6.03 Å². The van der Waals surface area contributed by atoms with Crippen molar-refractivity contribution in [2.75, 3.05) is 13.2 Å². The van der Waals surface area contributed by atoms with Crippen LogP contribution in [-0.2, 0) is 9.57 Å². The van der Waals surface area contributed by atoms with E-state index >= 15 is 0 Å². The van der Waals surface area contributed by atoms with E-state index in [1.165, 1.54) is 0 Å². The van der Waals surface area contributed by atoms with E-state index in [0.29, 0.717) is 18.9 Å². The lowest BCUT2D eigenvalue weighted by molar-refractivity contribution is -0.0466. The van der Waals surface area contributed by atoms with Crippen LogP contribution in [0.2, 0.25) is 0 Å². The van der Waals surface area contributed by atoms with E-state index in [4.69, 9.17) is 14.7 Å². The molecular formula is C11H15N3O5. The number of fused-ring (bicyclic) bond motifs is 1. The number of amidine groups is 1. The molecule has 3 aliphatic rings. The number of ether oxygens (including phenoxy) is 1. The zero-order valence-electron chi connectivity index (χ0n) is 10.1. The van der Waals surface area contributed by atoms with Gasteiger partial charge < -0.3 is 25.1 Å². The third kappa shape index (κ3) is 2.18. The molecule has 0 spiro atoms. The number of aliphatic hydroxyl groups excluding tert-OH is 2. The number of carbonyl (C=O) groups excluding carboxylic acids is 1. The Bertz CT molecular complexity index is 450. The topological polar surface area (TPSA) is 112 Å². The van der Waals surface area contributed by atoms with Crippen molar-refractivity contribution in [2.24, 2.45) is 11.1 Å². The summed E-state index contributed by atoms with van der Waals surface area (Å²) in [6, 6.07) is -0.368. The van der Waals surface area contributed by atoms with Gasteiger partial charge in [0.2, 0.25) is 0 Å². The molecule has 4 N–H and O–H groups in total. The number of nitrogens with one attached hydrogen (secondary N) is 2. The number of nitrogens with zero attached hydrogens (tertiary/aromatic N) is 1. The Hall–Kier alpha value is -1.64. The quantitative estimate of drug-likeness (QED) is 0.495. The summed E-state index contributed by atoms with van der Waals surface area (Å²) in [5.74, 6) is 0.220. The summed E-state index contributed by atoms with van der Waals surface area (Å²) in [6.45, 7) is 0.0860. The summed E-state index contributed by atoms with van der Waals surface area (Å²) in [6.07, 6.45) is 0.453. The molecule has 8 nitrogen and oxygen atoms in total. The minimum atomic E-state index is -0.691. The molecule has 0 aliphatic carbocycles. The highest BCUT2D eigenvalue weighted by atomic mass is 16.6. The Morgan fingerprint density at radius 3 is 3.11 bits per heavy atom. The highest BCUT2D eigenvalue weighted by molar-refractivity contribution is 6.10. The fraction of sp³-hybridized carbons (Fsp3) is 0.636. The van der Waals surface area contributed by atoms with Crippen LogP contribution in [0.25, 0.3) is 0 Å². The number of aliphatic hydroxyl groups is 2. The number of hydrogen-bond acceptors (Lipinski definition) is 6. The first kappa shape index (κ1) is 12.4. The van der Waals surface area contributed by atoms with Gasteiger partial charge in [0.25, 0.3) is 0 Å². The predicted molar refractivity (Wildman–Crippen MR) is 63.0 cm³/mol. The third-order valence-corrected chi connectivity index (χ3v) is 3.55. The second-order valence-electron chi connectivity index (χ2n) is 4.74. The maximum atomic E-state index is 11.2. The average molecular weight is 269 g/mol. The van der Waals surface area contributed by atoms with Crippen molar-refractivity contribution < 1.29 is 24.6 Å². The highest BCUT2D eigenvalue weighted by Crippen LogP contribution is 2.32. The molecule has 104 valence electrons. The molecule has 1 fully saturated rings. The van der Waals surface area contributed by atoms with Gasteiger partial charge in [0, 0.05) is 18.2 Å². The van der Waals surface area contributed by atoms with Crippen LogP contribution in [0.4, 0.5) is 4.79 Å². The summed E-state index contributed by atoms with van der Waals surface area (Å²) in [5.41, 5.74) is 0.779. The van der Waals surface area contributed by atoms with Gasteiger partial charge in [-0.15, -0.1) is 0 Å². The van der Waals surface area contributed by atoms with Crippen LogP contribution in [0, 0.1) is 5.92 Å². The molecule has 3 heterocycles. The largest absolute Gasteiger partial charge is 0.394 e. The second-order valence-corrected chi connectivity index (χ2v) is 4.74. The third-order valence-electron chi connectivity index (χ3n) is 3.55. The van der Waals surface area contributed by atoms with E-state index < -0.39 is 12.2 Å². The van der Waals surface area contributed by atoms with Crippen molar-refractivity contribution in [2.45, 2.75) is 24.7 Å². The zero-order valence-corrected chi connectivity index (χ0v) is 10.1. The summed E-state index contributed by atoms with van der Waals surface area (Å²) >= 11 is 0. The van der Waals surface area contributed by atoms with E-state index in [1.807, 2.05) is 0 Å². The molecule has 0 aromatic rings. The predicted octanol–water partition coefficient (Wildman–Crippen LogP) is -1.35. The monoisotopic (exact) mass is 269 g/mol. The maximum absolute atomic E-state index is 11.2. The van der Waals surface area contributed by atoms with Gasteiger partial charge in [0.05, 0.1) is 24.7 Å². The van der Waals surface area contributed by atoms with Crippen LogP contribution in [0.15, 0.2) is 16.9 Å². The molecule has 0 aromatic carbocycles. The lowest BCUT2D eigenvalue weighted by Crippen LogP contribution is -2.48. The van der Waals surface area contributed by atoms with E-state index in [1.54, 1.807) is 6.20 Å². The SMILES string of the molecule is O=C1NC=C2C(=NOCC2C2C[C@H](O)[C@@H](CO)O2)N1. The fourth-order valence-electron chi connectivity index (χ4n) is 2.55. The molecule has 0 aromatic heterocycles. The average Bonchev–Trinajstić information content (AvgIpc) is 2.78. The molecule has 2 unspecified atom stereocenters. The van der Waals surface area contributed by atoms with Crippen LogP contribution in [0.5, 0.6) is 0 Å². The van der Waals surface area contributed by atoms with Gasteiger partial charge in [-0.05, 0) is 0 Å². The van der Waals surface area contributed by atoms with Gasteiger partial charge in [-0.25, -0.2) is 4.79 Å². The molecule has 3 aliphatic heterocycles. The molecule has 8 heteroatoms. The highest BCUT2D eigenvalue weighted by Gasteiger charge is 2.42. The van der Waals surface area contributed by atoms with Gasteiger partial charge in [0.1, 0.15) is 12.7 Å². The van der Waals surface area contributed by atoms with Crippen LogP contribution in [0.3, 0.4) is 0 Å². The fourth-order valence-corrected chi connectivity index (χ4v) is 2.55. The van der Waals surface area contributed by atoms with E-state index in [2.05, 4.69) is 15.8 Å². The molecule has 19 heavy (non-hydrogen) atoms. The van der Waals surface area contributed by atoms with Crippen LogP contribution >= 0.6 is 0 Å². The van der Waals surface area contributed by atoms with Crippen LogP contribution in [0.1, 0.15) is 6.42 Å². The number of amides is 2. The number of urea groups is 1.